The van der Waals surface area contributed by atoms with Crippen LogP contribution in [0.15, 0.2) is 72.8 Å². The summed E-state index contributed by atoms with van der Waals surface area (Å²) < 4.78 is 44.9. The molecule has 1 aliphatic heterocycles. The Bertz CT molecular complexity index is 1300. The molecule has 0 radical (unpaired) electrons. The van der Waals surface area contributed by atoms with Gasteiger partial charge in [0.2, 0.25) is 0 Å². The highest BCUT2D eigenvalue weighted by Gasteiger charge is 2.42. The van der Waals surface area contributed by atoms with Gasteiger partial charge in [0.1, 0.15) is 40.2 Å². The lowest BCUT2D eigenvalue weighted by molar-refractivity contribution is -0.220. The molecule has 0 aliphatic carbocycles. The van der Waals surface area contributed by atoms with Gasteiger partial charge in [-0.3, -0.25) is 0 Å². The molecule has 4 rings (SSSR count). The number of aliphatic carboxylic acids is 1. The zero-order valence-electron chi connectivity index (χ0n) is 20.6. The van der Waals surface area contributed by atoms with Crippen LogP contribution in [0.5, 0.6) is 11.5 Å². The molecule has 1 N–H and O–H groups in total. The summed E-state index contributed by atoms with van der Waals surface area (Å²) in [5.74, 6) is 0.490. The van der Waals surface area contributed by atoms with Crippen molar-refractivity contribution in [3.63, 3.8) is 0 Å². The van der Waals surface area contributed by atoms with Crippen molar-refractivity contribution in [2.45, 2.75) is 18.6 Å². The van der Waals surface area contributed by atoms with Gasteiger partial charge in [0.05, 0.1) is 25.6 Å². The van der Waals surface area contributed by atoms with Gasteiger partial charge in [-0.25, -0.2) is 13.2 Å². The Labute approximate surface area is 216 Å². The van der Waals surface area contributed by atoms with E-state index < -0.39 is 21.4 Å². The predicted octanol–water partition coefficient (Wildman–Crippen LogP) is 4.07. The molecule has 0 saturated carbocycles. The number of benzene rings is 3. The second-order valence-corrected chi connectivity index (χ2v) is 11.3. The van der Waals surface area contributed by atoms with E-state index in [1.165, 1.54) is 6.26 Å². The fraction of sp³-hybridized carbons (Fsp3) is 0.321. The number of hydrogen-bond acceptors (Lipinski definition) is 7. The summed E-state index contributed by atoms with van der Waals surface area (Å²) in [5.41, 5.74) is 3.22. The van der Waals surface area contributed by atoms with Crippen LogP contribution in [-0.2, 0) is 36.3 Å². The van der Waals surface area contributed by atoms with Gasteiger partial charge in [0.15, 0.2) is 0 Å². The molecule has 0 bridgehead atoms. The quantitative estimate of drug-likeness (QED) is 0.332. The minimum atomic E-state index is -2.98. The molecule has 3 aromatic carbocycles. The molecule has 1 heterocycles. The lowest BCUT2D eigenvalue weighted by Crippen LogP contribution is -2.49. The lowest BCUT2D eigenvalue weighted by atomic mass is 9.91. The van der Waals surface area contributed by atoms with E-state index in [2.05, 4.69) is 6.07 Å². The van der Waals surface area contributed by atoms with Gasteiger partial charge >= 0.3 is 5.97 Å². The first-order chi connectivity index (χ1) is 17.7. The molecule has 196 valence electrons. The number of ether oxygens (including phenoxy) is 4. The van der Waals surface area contributed by atoms with Gasteiger partial charge in [-0.1, -0.05) is 42.5 Å². The molecule has 37 heavy (non-hydrogen) atoms. The Morgan fingerprint density at radius 2 is 1.62 bits per heavy atom. The summed E-state index contributed by atoms with van der Waals surface area (Å²) in [6, 6.07) is 23.2. The van der Waals surface area contributed by atoms with Gasteiger partial charge < -0.3 is 24.1 Å². The maximum atomic E-state index is 11.2. The average Bonchev–Trinajstić information content (AvgIpc) is 2.85. The lowest BCUT2D eigenvalue weighted by Gasteiger charge is -2.41. The van der Waals surface area contributed by atoms with Crippen LogP contribution in [0.2, 0.25) is 0 Å². The third kappa shape index (κ3) is 7.55. The Balaban J connectivity index is 1.31. The molecule has 8 nitrogen and oxygen atoms in total. The summed E-state index contributed by atoms with van der Waals surface area (Å²) >= 11 is 0. The fourth-order valence-corrected chi connectivity index (χ4v) is 4.58. The average molecular weight is 527 g/mol. The van der Waals surface area contributed by atoms with E-state index in [9.17, 15) is 13.2 Å². The molecular formula is C28H30O8S. The summed E-state index contributed by atoms with van der Waals surface area (Å²) in [7, 11) is -2.98. The van der Waals surface area contributed by atoms with Crippen molar-refractivity contribution in [3.8, 4) is 22.6 Å². The topological polar surface area (TPSA) is 108 Å². The van der Waals surface area contributed by atoms with E-state index in [1.54, 1.807) is 0 Å². The predicted molar refractivity (Wildman–Crippen MR) is 139 cm³/mol. The largest absolute Gasteiger partial charge is 0.494 e. The highest BCUT2D eigenvalue weighted by atomic mass is 32.2. The Kier molecular flexibility index (Phi) is 8.48. The van der Waals surface area contributed by atoms with Gasteiger partial charge in [-0.05, 0) is 59.0 Å². The Hall–Kier alpha value is -3.40. The van der Waals surface area contributed by atoms with Crippen molar-refractivity contribution in [3.05, 3.63) is 83.9 Å². The minimum Gasteiger partial charge on any atom is -0.494 e. The van der Waals surface area contributed by atoms with Crippen molar-refractivity contribution < 1.29 is 37.3 Å². The Morgan fingerprint density at radius 3 is 2.24 bits per heavy atom. The normalized spacial score (nSPS) is 14.5. The third-order valence-electron chi connectivity index (χ3n) is 5.97. The van der Waals surface area contributed by atoms with Gasteiger partial charge in [0.25, 0.3) is 0 Å². The first-order valence-electron chi connectivity index (χ1n) is 11.9. The highest BCUT2D eigenvalue weighted by molar-refractivity contribution is 7.90. The third-order valence-corrected chi connectivity index (χ3v) is 7.00. The van der Waals surface area contributed by atoms with Crippen LogP contribution in [0, 0.1) is 0 Å². The van der Waals surface area contributed by atoms with Crippen molar-refractivity contribution in [2.75, 3.05) is 38.4 Å². The number of carbonyl (C=O) groups is 1. The number of carboxylic acid groups (broad SMARTS) is 1. The van der Waals surface area contributed by atoms with Crippen LogP contribution in [0.25, 0.3) is 11.1 Å². The molecule has 1 aliphatic rings. The van der Waals surface area contributed by atoms with Crippen molar-refractivity contribution >= 4 is 15.8 Å². The van der Waals surface area contributed by atoms with Crippen molar-refractivity contribution in [1.29, 1.82) is 0 Å². The molecular weight excluding hydrogens is 496 g/mol. The van der Waals surface area contributed by atoms with E-state index in [-0.39, 0.29) is 12.4 Å². The minimum absolute atomic E-state index is 0.112. The van der Waals surface area contributed by atoms with Gasteiger partial charge in [0, 0.05) is 6.26 Å². The fourth-order valence-electron chi connectivity index (χ4n) is 3.94. The molecule has 1 saturated heterocycles. The van der Waals surface area contributed by atoms with Crippen molar-refractivity contribution in [2.24, 2.45) is 0 Å². The molecule has 0 unspecified atom stereocenters. The smallest absolute Gasteiger partial charge is 0.329 e. The molecule has 0 amide bonds. The van der Waals surface area contributed by atoms with Crippen LogP contribution < -0.4 is 9.47 Å². The molecule has 0 aromatic heterocycles. The van der Waals surface area contributed by atoms with Gasteiger partial charge in [-0.2, -0.15) is 0 Å². The summed E-state index contributed by atoms with van der Waals surface area (Å²) in [6.07, 6.45) is 1.68. The van der Waals surface area contributed by atoms with Gasteiger partial charge in [-0.15, -0.1) is 0 Å². The van der Waals surface area contributed by atoms with Crippen LogP contribution in [0.1, 0.15) is 17.5 Å². The van der Waals surface area contributed by atoms with Crippen LogP contribution in [0.3, 0.4) is 0 Å². The molecule has 9 heteroatoms. The molecule has 3 aromatic rings. The number of rotatable bonds is 13. The van der Waals surface area contributed by atoms with Crippen LogP contribution in [-0.4, -0.2) is 57.9 Å². The van der Waals surface area contributed by atoms with Crippen LogP contribution in [0.4, 0.5) is 0 Å². The summed E-state index contributed by atoms with van der Waals surface area (Å²) in [5, 5.41) is 8.92. The number of sulfone groups is 1. The Morgan fingerprint density at radius 1 is 0.946 bits per heavy atom. The number of hydrogen-bond donors (Lipinski definition) is 1. The zero-order chi connectivity index (χ0) is 26.3. The number of carboxylic acids is 1. The molecule has 0 spiro atoms. The summed E-state index contributed by atoms with van der Waals surface area (Å²) in [4.78, 5) is 10.9. The highest BCUT2D eigenvalue weighted by Crippen LogP contribution is 2.34. The van der Waals surface area contributed by atoms with Crippen LogP contribution >= 0.6 is 0 Å². The van der Waals surface area contributed by atoms with E-state index >= 15 is 0 Å². The maximum absolute atomic E-state index is 11.2. The summed E-state index contributed by atoms with van der Waals surface area (Å²) in [6.45, 7) is 1.01. The monoisotopic (exact) mass is 526 g/mol. The van der Waals surface area contributed by atoms with E-state index in [0.717, 1.165) is 22.3 Å². The SMILES string of the molecule is CS(=O)(=O)CCCOc1ccc(-c2cccc(COc3ccc(C4(OCC(=O)O)COC4)cc3)c2)cc1. The first kappa shape index (κ1) is 26.7. The molecule has 0 atom stereocenters. The maximum Gasteiger partial charge on any atom is 0.329 e. The van der Waals surface area contributed by atoms with E-state index in [4.69, 9.17) is 24.1 Å². The van der Waals surface area contributed by atoms with E-state index in [1.807, 2.05) is 66.7 Å². The standard InChI is InChI=1S/C28H30O8S/c1-37(31,32)15-3-14-34-25-10-6-22(7-11-25)23-5-2-4-21(16-23)17-35-26-12-8-24(9-13-26)28(19-33-20-28)36-18-27(29)30/h2,4-13,16H,3,14-15,17-20H2,1H3,(H,29,30). The first-order valence-corrected chi connectivity index (χ1v) is 14.0. The second-order valence-electron chi connectivity index (χ2n) is 9.04. The van der Waals surface area contributed by atoms with E-state index in [0.29, 0.717) is 44.3 Å². The second kappa shape index (κ2) is 11.8. The molecule has 1 fully saturated rings. The zero-order valence-corrected chi connectivity index (χ0v) is 21.4. The van der Waals surface area contributed by atoms with Crippen molar-refractivity contribution in [1.82, 2.24) is 0 Å².